The van der Waals surface area contributed by atoms with Crippen molar-refractivity contribution < 1.29 is 9.59 Å². The first-order valence-corrected chi connectivity index (χ1v) is 8.37. The standard InChI is InChI=1S/C16H22N6O3/c1-20-9-7-17-14(16(20)25)22-8-3-4-11(10-22)18-15(24)12-5-6-13(23)21(2)19-12/h7,9,11H,3-6,8,10H2,1-2H3,(H,18,24)/t11-/m0/s1. The Hall–Kier alpha value is -2.71. The molecule has 1 atom stereocenters. The van der Waals surface area contributed by atoms with Gasteiger partial charge in [-0.2, -0.15) is 5.10 Å². The number of hydrogen-bond donors (Lipinski definition) is 1. The topological polar surface area (TPSA) is 99.9 Å². The maximum Gasteiger partial charge on any atom is 0.293 e. The highest BCUT2D eigenvalue weighted by molar-refractivity contribution is 6.39. The van der Waals surface area contributed by atoms with E-state index >= 15 is 0 Å². The molecule has 1 aromatic rings. The number of piperidine rings is 1. The van der Waals surface area contributed by atoms with Crippen molar-refractivity contribution in [3.63, 3.8) is 0 Å². The molecule has 0 bridgehead atoms. The van der Waals surface area contributed by atoms with Crippen LogP contribution in [-0.2, 0) is 16.6 Å². The molecule has 25 heavy (non-hydrogen) atoms. The maximum absolute atomic E-state index is 12.4. The van der Waals surface area contributed by atoms with Gasteiger partial charge in [-0.25, -0.2) is 9.99 Å². The van der Waals surface area contributed by atoms with Gasteiger partial charge in [0.1, 0.15) is 5.71 Å². The predicted molar refractivity (Wildman–Crippen MR) is 92.3 cm³/mol. The Labute approximate surface area is 145 Å². The van der Waals surface area contributed by atoms with E-state index in [2.05, 4.69) is 15.4 Å². The molecule has 134 valence electrons. The van der Waals surface area contributed by atoms with Crippen LogP contribution >= 0.6 is 0 Å². The van der Waals surface area contributed by atoms with Gasteiger partial charge in [0.15, 0.2) is 5.82 Å². The molecule has 9 heteroatoms. The normalized spacial score (nSPS) is 21.1. The number of carbonyl (C=O) groups excluding carboxylic acids is 2. The summed E-state index contributed by atoms with van der Waals surface area (Å²) in [5, 5.41) is 8.22. The molecule has 0 aromatic carbocycles. The van der Waals surface area contributed by atoms with E-state index in [0.29, 0.717) is 30.9 Å². The summed E-state index contributed by atoms with van der Waals surface area (Å²) < 4.78 is 1.49. The predicted octanol–water partition coefficient (Wildman–Crippen LogP) is -0.526. The molecule has 1 fully saturated rings. The smallest absolute Gasteiger partial charge is 0.293 e. The van der Waals surface area contributed by atoms with Crippen LogP contribution in [-0.4, -0.2) is 58.3 Å². The van der Waals surface area contributed by atoms with E-state index in [1.165, 1.54) is 9.58 Å². The largest absolute Gasteiger partial charge is 0.350 e. The lowest BCUT2D eigenvalue weighted by molar-refractivity contribution is -0.130. The number of nitrogens with one attached hydrogen (secondary N) is 1. The van der Waals surface area contributed by atoms with Gasteiger partial charge in [-0.3, -0.25) is 14.4 Å². The van der Waals surface area contributed by atoms with Gasteiger partial charge in [0, 0.05) is 58.5 Å². The third-order valence-electron chi connectivity index (χ3n) is 4.52. The van der Waals surface area contributed by atoms with Crippen molar-refractivity contribution in [3.8, 4) is 0 Å². The SMILES string of the molecule is CN1N=C(C(=O)N[C@H]2CCCN(c3nccn(C)c3=O)C2)CCC1=O. The summed E-state index contributed by atoms with van der Waals surface area (Å²) in [6.45, 7) is 1.26. The van der Waals surface area contributed by atoms with Crippen LogP contribution in [0.1, 0.15) is 25.7 Å². The van der Waals surface area contributed by atoms with E-state index in [1.807, 2.05) is 4.90 Å². The number of hydrogen-bond acceptors (Lipinski definition) is 6. The van der Waals surface area contributed by atoms with Crippen LogP contribution in [0.5, 0.6) is 0 Å². The van der Waals surface area contributed by atoms with E-state index in [4.69, 9.17) is 0 Å². The highest BCUT2D eigenvalue weighted by Crippen LogP contribution is 2.15. The molecule has 0 saturated carbocycles. The monoisotopic (exact) mass is 346 g/mol. The fourth-order valence-electron chi connectivity index (χ4n) is 3.09. The summed E-state index contributed by atoms with van der Waals surface area (Å²) >= 11 is 0. The number of carbonyl (C=O) groups is 2. The minimum Gasteiger partial charge on any atom is -0.350 e. The van der Waals surface area contributed by atoms with E-state index in [0.717, 1.165) is 19.4 Å². The van der Waals surface area contributed by atoms with Gasteiger partial charge < -0.3 is 14.8 Å². The zero-order chi connectivity index (χ0) is 18.0. The van der Waals surface area contributed by atoms with Crippen LogP contribution in [0, 0.1) is 0 Å². The zero-order valence-corrected chi connectivity index (χ0v) is 14.4. The zero-order valence-electron chi connectivity index (χ0n) is 14.4. The highest BCUT2D eigenvalue weighted by Gasteiger charge is 2.27. The lowest BCUT2D eigenvalue weighted by Crippen LogP contribution is -2.51. The Balaban J connectivity index is 1.67. The van der Waals surface area contributed by atoms with Crippen molar-refractivity contribution >= 4 is 23.3 Å². The second-order valence-electron chi connectivity index (χ2n) is 6.39. The fraction of sp³-hybridized carbons (Fsp3) is 0.562. The van der Waals surface area contributed by atoms with Crippen LogP contribution in [0.2, 0.25) is 0 Å². The number of aromatic nitrogens is 2. The van der Waals surface area contributed by atoms with Crippen LogP contribution in [0.15, 0.2) is 22.3 Å². The number of amides is 2. The first kappa shape index (κ1) is 17.1. The average Bonchev–Trinajstić information content (AvgIpc) is 2.60. The van der Waals surface area contributed by atoms with E-state index in [-0.39, 0.29) is 23.4 Å². The summed E-state index contributed by atoms with van der Waals surface area (Å²) in [5.74, 6) is 0.0656. The second kappa shape index (κ2) is 7.04. The van der Waals surface area contributed by atoms with Gasteiger partial charge in [0.25, 0.3) is 11.5 Å². The minimum absolute atomic E-state index is 0.0846. The Morgan fingerprint density at radius 1 is 1.28 bits per heavy atom. The van der Waals surface area contributed by atoms with E-state index in [1.54, 1.807) is 26.5 Å². The summed E-state index contributed by atoms with van der Waals surface area (Å²) in [6.07, 6.45) is 5.55. The third kappa shape index (κ3) is 3.70. The molecule has 3 heterocycles. The second-order valence-corrected chi connectivity index (χ2v) is 6.39. The fourth-order valence-corrected chi connectivity index (χ4v) is 3.09. The van der Waals surface area contributed by atoms with Crippen LogP contribution < -0.4 is 15.8 Å². The Kier molecular flexibility index (Phi) is 4.82. The maximum atomic E-state index is 12.4. The van der Waals surface area contributed by atoms with Crippen molar-refractivity contribution in [1.82, 2.24) is 19.9 Å². The summed E-state index contributed by atoms with van der Waals surface area (Å²) in [4.78, 5) is 42.2. The first-order chi connectivity index (χ1) is 12.0. The minimum atomic E-state index is -0.250. The van der Waals surface area contributed by atoms with Crippen LogP contribution in [0.3, 0.4) is 0 Å². The van der Waals surface area contributed by atoms with Gasteiger partial charge in [0.05, 0.1) is 0 Å². The van der Waals surface area contributed by atoms with E-state index in [9.17, 15) is 14.4 Å². The van der Waals surface area contributed by atoms with Crippen LogP contribution in [0.25, 0.3) is 0 Å². The molecule has 1 aromatic heterocycles. The molecule has 2 aliphatic heterocycles. The van der Waals surface area contributed by atoms with Gasteiger partial charge in [-0.1, -0.05) is 0 Å². The summed E-state index contributed by atoms with van der Waals surface area (Å²) in [7, 11) is 3.24. The number of rotatable bonds is 3. The average molecular weight is 346 g/mol. The molecule has 0 unspecified atom stereocenters. The first-order valence-electron chi connectivity index (χ1n) is 8.37. The molecule has 3 rings (SSSR count). The molecule has 2 amide bonds. The Morgan fingerprint density at radius 2 is 2.08 bits per heavy atom. The number of hydrazone groups is 1. The van der Waals surface area contributed by atoms with E-state index < -0.39 is 0 Å². The van der Waals surface area contributed by atoms with Crippen molar-refractivity contribution in [3.05, 3.63) is 22.7 Å². The molecule has 1 N–H and O–H groups in total. The van der Waals surface area contributed by atoms with Crippen molar-refractivity contribution in [1.29, 1.82) is 0 Å². The van der Waals surface area contributed by atoms with Crippen molar-refractivity contribution in [2.75, 3.05) is 25.0 Å². The van der Waals surface area contributed by atoms with Gasteiger partial charge in [-0.05, 0) is 12.8 Å². The Morgan fingerprint density at radius 3 is 2.84 bits per heavy atom. The number of nitrogens with zero attached hydrogens (tertiary/aromatic N) is 5. The molecule has 0 aliphatic carbocycles. The molecule has 9 nitrogen and oxygen atoms in total. The van der Waals surface area contributed by atoms with Crippen molar-refractivity contribution in [2.24, 2.45) is 12.1 Å². The van der Waals surface area contributed by atoms with Gasteiger partial charge in [-0.15, -0.1) is 0 Å². The number of anilines is 1. The summed E-state index contributed by atoms with van der Waals surface area (Å²) in [5.41, 5.74) is 0.222. The third-order valence-corrected chi connectivity index (χ3v) is 4.52. The quantitative estimate of drug-likeness (QED) is 0.793. The number of aryl methyl sites for hydroxylation is 1. The van der Waals surface area contributed by atoms with Crippen LogP contribution in [0.4, 0.5) is 5.82 Å². The molecule has 0 spiro atoms. The lowest BCUT2D eigenvalue weighted by atomic mass is 10.0. The lowest BCUT2D eigenvalue weighted by Gasteiger charge is -2.33. The Bertz CT molecular complexity index is 771. The van der Waals surface area contributed by atoms with Crippen molar-refractivity contribution in [2.45, 2.75) is 31.7 Å². The molecule has 1 saturated heterocycles. The molecule has 0 radical (unpaired) electrons. The van der Waals surface area contributed by atoms with Gasteiger partial charge in [0.2, 0.25) is 5.91 Å². The summed E-state index contributed by atoms with van der Waals surface area (Å²) in [6, 6.07) is -0.0846. The van der Waals surface area contributed by atoms with Gasteiger partial charge >= 0.3 is 0 Å². The molecular weight excluding hydrogens is 324 g/mol. The molecule has 2 aliphatic rings. The molecular formula is C16H22N6O3. The highest BCUT2D eigenvalue weighted by atomic mass is 16.2.